The van der Waals surface area contributed by atoms with Gasteiger partial charge in [0, 0.05) is 8.95 Å². The summed E-state index contributed by atoms with van der Waals surface area (Å²) in [7, 11) is 0. The maximum atomic E-state index is 6.04. The van der Waals surface area contributed by atoms with Crippen LogP contribution in [0.4, 0.5) is 0 Å². The normalized spacial score (nSPS) is 13.2. The minimum absolute atomic E-state index is 0.0979. The molecule has 1 rings (SSSR count). The van der Waals surface area contributed by atoms with E-state index in [2.05, 4.69) is 31.9 Å². The monoisotopic (exact) mass is 335 g/mol. The van der Waals surface area contributed by atoms with Crippen molar-refractivity contribution < 1.29 is 4.74 Å². The summed E-state index contributed by atoms with van der Waals surface area (Å²) < 4.78 is 7.54. The Bertz CT molecular complexity index is 328. The van der Waals surface area contributed by atoms with E-state index in [1.54, 1.807) is 0 Å². The van der Waals surface area contributed by atoms with Gasteiger partial charge in [0.1, 0.15) is 0 Å². The molecule has 15 heavy (non-hydrogen) atoms. The highest BCUT2D eigenvalue weighted by Gasteiger charge is 2.11. The summed E-state index contributed by atoms with van der Waals surface area (Å²) in [5.74, 6) is 0. The van der Waals surface area contributed by atoms with E-state index in [0.717, 1.165) is 14.5 Å². The van der Waals surface area contributed by atoms with Gasteiger partial charge in [-0.1, -0.05) is 31.9 Å². The van der Waals surface area contributed by atoms with Crippen molar-refractivity contribution in [1.82, 2.24) is 0 Å². The highest BCUT2D eigenvalue weighted by molar-refractivity contribution is 9.11. The third-order valence-corrected chi connectivity index (χ3v) is 3.18. The fourth-order valence-electron chi connectivity index (χ4n) is 1.18. The van der Waals surface area contributed by atoms with E-state index < -0.39 is 0 Å². The van der Waals surface area contributed by atoms with Crippen LogP contribution in [-0.2, 0) is 4.74 Å². The van der Waals surface area contributed by atoms with Crippen LogP contribution >= 0.6 is 31.9 Å². The Hall–Kier alpha value is 0.1000. The zero-order valence-electron chi connectivity index (χ0n) is 8.84. The molecule has 0 aliphatic heterocycles. The number of nitrogens with two attached hydrogens (primary N) is 1. The molecule has 1 aromatic carbocycles. The molecule has 1 atom stereocenters. The molecule has 0 amide bonds. The lowest BCUT2D eigenvalue weighted by molar-refractivity contribution is 0.0682. The molecule has 84 valence electrons. The van der Waals surface area contributed by atoms with E-state index in [-0.39, 0.29) is 12.1 Å². The van der Waals surface area contributed by atoms with E-state index in [4.69, 9.17) is 10.5 Å². The van der Waals surface area contributed by atoms with E-state index in [1.807, 2.05) is 32.0 Å². The third kappa shape index (κ3) is 4.23. The Morgan fingerprint density at radius 1 is 1.33 bits per heavy atom. The molecule has 0 spiro atoms. The first kappa shape index (κ1) is 13.2. The van der Waals surface area contributed by atoms with Crippen LogP contribution in [-0.4, -0.2) is 12.7 Å². The minimum atomic E-state index is -0.0979. The molecule has 0 bridgehead atoms. The van der Waals surface area contributed by atoms with Gasteiger partial charge in [0.05, 0.1) is 18.8 Å². The lowest BCUT2D eigenvalue weighted by Gasteiger charge is -2.16. The predicted molar refractivity (Wildman–Crippen MR) is 69.9 cm³/mol. The van der Waals surface area contributed by atoms with Gasteiger partial charge < -0.3 is 10.5 Å². The van der Waals surface area contributed by atoms with Crippen molar-refractivity contribution in [3.05, 3.63) is 32.7 Å². The number of hydrogen-bond donors (Lipinski definition) is 1. The summed E-state index contributed by atoms with van der Waals surface area (Å²) in [6.07, 6.45) is 0.210. The van der Waals surface area contributed by atoms with Gasteiger partial charge in [-0.2, -0.15) is 0 Å². The Labute approximate surface area is 107 Å². The second kappa shape index (κ2) is 5.99. The maximum Gasteiger partial charge on any atom is 0.0663 e. The summed E-state index contributed by atoms with van der Waals surface area (Å²) in [6, 6.07) is 5.87. The van der Waals surface area contributed by atoms with Crippen molar-refractivity contribution in [3.8, 4) is 0 Å². The van der Waals surface area contributed by atoms with Gasteiger partial charge in [0.25, 0.3) is 0 Å². The van der Waals surface area contributed by atoms with Crippen LogP contribution in [0, 0.1) is 0 Å². The lowest BCUT2D eigenvalue weighted by atomic mass is 10.1. The van der Waals surface area contributed by atoms with Gasteiger partial charge in [-0.25, -0.2) is 0 Å². The van der Waals surface area contributed by atoms with Gasteiger partial charge in [0.2, 0.25) is 0 Å². The van der Waals surface area contributed by atoms with Crippen molar-refractivity contribution in [3.63, 3.8) is 0 Å². The van der Waals surface area contributed by atoms with Crippen molar-refractivity contribution >= 4 is 31.9 Å². The number of benzene rings is 1. The molecule has 2 nitrogen and oxygen atoms in total. The molecule has 0 aliphatic rings. The average Bonchev–Trinajstić information content (AvgIpc) is 2.18. The standard InChI is InChI=1S/C11H15Br2NO/c1-7(2)15-6-11(14)9-5-8(12)3-4-10(9)13/h3-5,7,11H,6,14H2,1-2H3. The molecular formula is C11H15Br2NO. The third-order valence-electron chi connectivity index (χ3n) is 1.97. The molecule has 2 N–H and O–H groups in total. The van der Waals surface area contributed by atoms with Crippen LogP contribution in [0.2, 0.25) is 0 Å². The zero-order chi connectivity index (χ0) is 11.4. The zero-order valence-corrected chi connectivity index (χ0v) is 12.0. The van der Waals surface area contributed by atoms with Crippen LogP contribution in [0.15, 0.2) is 27.1 Å². The first-order chi connectivity index (χ1) is 7.00. The Kier molecular flexibility index (Phi) is 5.26. The van der Waals surface area contributed by atoms with Crippen molar-refractivity contribution in [2.45, 2.75) is 26.0 Å². The van der Waals surface area contributed by atoms with Crippen molar-refractivity contribution in [2.75, 3.05) is 6.61 Å². The smallest absolute Gasteiger partial charge is 0.0663 e. The van der Waals surface area contributed by atoms with Crippen LogP contribution in [0.25, 0.3) is 0 Å². The van der Waals surface area contributed by atoms with E-state index in [0.29, 0.717) is 6.61 Å². The SMILES string of the molecule is CC(C)OCC(N)c1cc(Br)ccc1Br. The molecule has 1 aromatic rings. The molecular weight excluding hydrogens is 322 g/mol. The van der Waals surface area contributed by atoms with Crippen LogP contribution < -0.4 is 5.73 Å². The molecule has 4 heteroatoms. The predicted octanol–water partition coefficient (Wildman–Crippen LogP) is 3.64. The fourth-order valence-corrected chi connectivity index (χ4v) is 2.10. The first-order valence-electron chi connectivity index (χ1n) is 4.83. The molecule has 0 aliphatic carbocycles. The molecule has 0 saturated heterocycles. The largest absolute Gasteiger partial charge is 0.377 e. The Morgan fingerprint density at radius 3 is 2.60 bits per heavy atom. The fraction of sp³-hybridized carbons (Fsp3) is 0.455. The van der Waals surface area contributed by atoms with Crippen LogP contribution in [0.5, 0.6) is 0 Å². The summed E-state index contributed by atoms with van der Waals surface area (Å²) >= 11 is 6.91. The number of rotatable bonds is 4. The van der Waals surface area contributed by atoms with Gasteiger partial charge in [-0.3, -0.25) is 0 Å². The molecule has 0 heterocycles. The molecule has 1 unspecified atom stereocenters. The van der Waals surface area contributed by atoms with Crippen molar-refractivity contribution in [1.29, 1.82) is 0 Å². The number of halogens is 2. The molecule has 0 aromatic heterocycles. The van der Waals surface area contributed by atoms with Gasteiger partial charge >= 0.3 is 0 Å². The Morgan fingerprint density at radius 2 is 2.00 bits per heavy atom. The van der Waals surface area contributed by atoms with E-state index in [1.165, 1.54) is 0 Å². The second-order valence-corrected chi connectivity index (χ2v) is 5.42. The summed E-state index contributed by atoms with van der Waals surface area (Å²) in [4.78, 5) is 0. The van der Waals surface area contributed by atoms with E-state index >= 15 is 0 Å². The van der Waals surface area contributed by atoms with E-state index in [9.17, 15) is 0 Å². The topological polar surface area (TPSA) is 35.2 Å². The lowest BCUT2D eigenvalue weighted by Crippen LogP contribution is -2.20. The number of hydrogen-bond acceptors (Lipinski definition) is 2. The molecule has 0 radical (unpaired) electrons. The van der Waals surface area contributed by atoms with Crippen LogP contribution in [0.1, 0.15) is 25.5 Å². The summed E-state index contributed by atoms with van der Waals surface area (Å²) in [6.45, 7) is 4.54. The average molecular weight is 337 g/mol. The molecule has 0 saturated carbocycles. The minimum Gasteiger partial charge on any atom is -0.377 e. The second-order valence-electron chi connectivity index (χ2n) is 3.65. The van der Waals surface area contributed by atoms with Crippen molar-refractivity contribution in [2.24, 2.45) is 5.73 Å². The molecule has 0 fully saturated rings. The van der Waals surface area contributed by atoms with Gasteiger partial charge in [-0.15, -0.1) is 0 Å². The first-order valence-corrected chi connectivity index (χ1v) is 6.41. The number of ether oxygens (including phenoxy) is 1. The summed E-state index contributed by atoms with van der Waals surface area (Å²) in [5.41, 5.74) is 7.10. The highest BCUT2D eigenvalue weighted by atomic mass is 79.9. The maximum absolute atomic E-state index is 6.04. The highest BCUT2D eigenvalue weighted by Crippen LogP contribution is 2.26. The van der Waals surface area contributed by atoms with Gasteiger partial charge in [-0.05, 0) is 37.6 Å². The quantitative estimate of drug-likeness (QED) is 0.911. The summed E-state index contributed by atoms with van der Waals surface area (Å²) in [5, 5.41) is 0. The van der Waals surface area contributed by atoms with Gasteiger partial charge in [0.15, 0.2) is 0 Å². The Balaban J connectivity index is 2.72. The van der Waals surface area contributed by atoms with Crippen LogP contribution in [0.3, 0.4) is 0 Å².